The Labute approximate surface area is 241 Å². The summed E-state index contributed by atoms with van der Waals surface area (Å²) in [6.07, 6.45) is 4.12. The van der Waals surface area contributed by atoms with E-state index in [0.29, 0.717) is 0 Å². The van der Waals surface area contributed by atoms with Crippen molar-refractivity contribution in [1.29, 1.82) is 0 Å². The average molecular weight is 537 g/mol. The minimum Gasteiger partial charge on any atom is -0.455 e. The van der Waals surface area contributed by atoms with Crippen molar-refractivity contribution < 1.29 is 4.42 Å². The van der Waals surface area contributed by atoms with E-state index >= 15 is 0 Å². The Hall–Kier alpha value is -5.67. The zero-order valence-corrected chi connectivity index (χ0v) is 22.7. The smallest absolute Gasteiger partial charge is 0.143 e. The first kappa shape index (κ1) is 23.1. The molecule has 0 atom stereocenters. The maximum absolute atomic E-state index is 6.50. The average Bonchev–Trinajstić information content (AvgIpc) is 3.65. The summed E-state index contributed by atoms with van der Waals surface area (Å²) < 4.78 is 8.56. The van der Waals surface area contributed by atoms with Gasteiger partial charge in [-0.25, -0.2) is 4.98 Å². The fourth-order valence-corrected chi connectivity index (χ4v) is 6.32. The van der Waals surface area contributed by atoms with Crippen LogP contribution in [0.3, 0.4) is 0 Å². The molecule has 3 heterocycles. The van der Waals surface area contributed by atoms with E-state index in [0.717, 1.165) is 50.0 Å². The van der Waals surface area contributed by atoms with Crippen LogP contribution in [0.4, 0.5) is 0 Å². The van der Waals surface area contributed by atoms with Crippen LogP contribution in [0.2, 0.25) is 0 Å². The van der Waals surface area contributed by atoms with Crippen molar-refractivity contribution in [2.24, 2.45) is 0 Å². The minimum atomic E-state index is 0.917. The molecule has 3 nitrogen and oxygen atoms in total. The summed E-state index contributed by atoms with van der Waals surface area (Å²) >= 11 is 0. The van der Waals surface area contributed by atoms with Crippen molar-refractivity contribution in [2.45, 2.75) is 0 Å². The van der Waals surface area contributed by atoms with Crippen molar-refractivity contribution in [1.82, 2.24) is 9.38 Å². The molecule has 0 fully saturated rings. The number of nitrogens with zero attached hydrogens (tertiary/aromatic N) is 2. The Morgan fingerprint density at radius 2 is 1.24 bits per heavy atom. The highest BCUT2D eigenvalue weighted by atomic mass is 16.3. The molecule has 42 heavy (non-hydrogen) atoms. The summed E-state index contributed by atoms with van der Waals surface area (Å²) in [6, 6.07) is 47.3. The predicted molar refractivity (Wildman–Crippen MR) is 174 cm³/mol. The first-order valence-corrected chi connectivity index (χ1v) is 14.2. The highest BCUT2D eigenvalue weighted by Crippen LogP contribution is 2.42. The zero-order valence-electron chi connectivity index (χ0n) is 22.7. The highest BCUT2D eigenvalue weighted by molar-refractivity contribution is 6.18. The standard InChI is InChI=1S/C39H24N2O/c1-2-11-32-29(8-1)23-34-33-12-3-4-13-36(33)42-39(34)38(32)31-18-17-27-20-26(15-16-28(27)22-31)25-9-7-10-30(21-25)35-24-41-19-6-5-14-37(41)40-35/h1-24H. The summed E-state index contributed by atoms with van der Waals surface area (Å²) in [5.74, 6) is 0. The second-order valence-electron chi connectivity index (χ2n) is 10.9. The molecule has 3 heteroatoms. The van der Waals surface area contributed by atoms with E-state index < -0.39 is 0 Å². The quantitative estimate of drug-likeness (QED) is 0.225. The Balaban J connectivity index is 1.16. The summed E-state index contributed by atoms with van der Waals surface area (Å²) in [4.78, 5) is 4.82. The van der Waals surface area contributed by atoms with Crippen molar-refractivity contribution in [3.05, 3.63) is 146 Å². The fraction of sp³-hybridized carbons (Fsp3) is 0. The van der Waals surface area contributed by atoms with Crippen LogP contribution in [0.5, 0.6) is 0 Å². The third-order valence-corrected chi connectivity index (χ3v) is 8.38. The van der Waals surface area contributed by atoms with Gasteiger partial charge in [-0.1, -0.05) is 91.0 Å². The highest BCUT2D eigenvalue weighted by Gasteiger charge is 2.16. The number of fused-ring (bicyclic) bond motifs is 6. The maximum atomic E-state index is 6.50. The lowest BCUT2D eigenvalue weighted by Crippen LogP contribution is -1.85. The van der Waals surface area contributed by atoms with Crippen LogP contribution in [-0.4, -0.2) is 9.38 Å². The number of pyridine rings is 1. The molecule has 0 radical (unpaired) electrons. The second kappa shape index (κ2) is 8.92. The van der Waals surface area contributed by atoms with E-state index in [1.165, 1.54) is 32.7 Å². The monoisotopic (exact) mass is 536 g/mol. The van der Waals surface area contributed by atoms with Crippen molar-refractivity contribution in [2.75, 3.05) is 0 Å². The van der Waals surface area contributed by atoms with Crippen LogP contribution >= 0.6 is 0 Å². The van der Waals surface area contributed by atoms with E-state index in [-0.39, 0.29) is 0 Å². The van der Waals surface area contributed by atoms with Gasteiger partial charge in [-0.3, -0.25) is 0 Å². The van der Waals surface area contributed by atoms with Gasteiger partial charge in [-0.2, -0.15) is 0 Å². The van der Waals surface area contributed by atoms with Gasteiger partial charge in [-0.05, 0) is 80.7 Å². The summed E-state index contributed by atoms with van der Waals surface area (Å²) in [6.45, 7) is 0. The Morgan fingerprint density at radius 3 is 2.14 bits per heavy atom. The molecule has 0 spiro atoms. The lowest BCUT2D eigenvalue weighted by Gasteiger charge is -2.11. The summed E-state index contributed by atoms with van der Waals surface area (Å²) in [5, 5.41) is 7.12. The lowest BCUT2D eigenvalue weighted by molar-refractivity contribution is 0.670. The van der Waals surface area contributed by atoms with Gasteiger partial charge in [0.25, 0.3) is 0 Å². The maximum Gasteiger partial charge on any atom is 0.143 e. The first-order chi connectivity index (χ1) is 20.8. The number of benzene rings is 6. The van der Waals surface area contributed by atoms with Gasteiger partial charge in [0.1, 0.15) is 16.8 Å². The topological polar surface area (TPSA) is 30.4 Å². The fourth-order valence-electron chi connectivity index (χ4n) is 6.32. The van der Waals surface area contributed by atoms with Gasteiger partial charge in [0.05, 0.1) is 5.69 Å². The first-order valence-electron chi connectivity index (χ1n) is 14.2. The Morgan fingerprint density at radius 1 is 0.500 bits per heavy atom. The van der Waals surface area contributed by atoms with Gasteiger partial charge in [0, 0.05) is 34.3 Å². The van der Waals surface area contributed by atoms with E-state index in [1.54, 1.807) is 0 Å². The van der Waals surface area contributed by atoms with Gasteiger partial charge >= 0.3 is 0 Å². The normalized spacial score (nSPS) is 11.8. The molecule has 0 aliphatic carbocycles. The molecule has 3 aromatic heterocycles. The van der Waals surface area contributed by atoms with Crippen LogP contribution in [0.25, 0.3) is 82.6 Å². The molecule has 0 N–H and O–H groups in total. The SMILES string of the molecule is c1cc(-c2ccc3cc(-c4c5ccccc5cc5c4oc4ccccc45)ccc3c2)cc(-c2cn3ccccc3n2)c1. The summed E-state index contributed by atoms with van der Waals surface area (Å²) in [5.41, 5.74) is 9.55. The zero-order chi connectivity index (χ0) is 27.6. The van der Waals surface area contributed by atoms with Crippen LogP contribution in [0.1, 0.15) is 0 Å². The van der Waals surface area contributed by atoms with E-state index in [2.05, 4.69) is 120 Å². The number of hydrogen-bond donors (Lipinski definition) is 0. The Bertz CT molecular complexity index is 2450. The summed E-state index contributed by atoms with van der Waals surface area (Å²) in [7, 11) is 0. The minimum absolute atomic E-state index is 0.917. The molecule has 0 aliphatic rings. The number of hydrogen-bond acceptors (Lipinski definition) is 2. The van der Waals surface area contributed by atoms with Crippen LogP contribution in [0, 0.1) is 0 Å². The molecule has 0 saturated carbocycles. The molecule has 6 aromatic carbocycles. The van der Waals surface area contributed by atoms with Crippen LogP contribution < -0.4 is 0 Å². The number of rotatable bonds is 3. The van der Waals surface area contributed by atoms with Crippen molar-refractivity contribution in [3.63, 3.8) is 0 Å². The largest absolute Gasteiger partial charge is 0.455 e. The van der Waals surface area contributed by atoms with Crippen LogP contribution in [0.15, 0.2) is 150 Å². The van der Waals surface area contributed by atoms with E-state index in [9.17, 15) is 0 Å². The molecular weight excluding hydrogens is 512 g/mol. The van der Waals surface area contributed by atoms with E-state index in [1.807, 2.05) is 30.5 Å². The number of para-hydroxylation sites is 1. The third-order valence-electron chi connectivity index (χ3n) is 8.38. The molecule has 0 aliphatic heterocycles. The van der Waals surface area contributed by atoms with Crippen molar-refractivity contribution in [3.8, 4) is 33.5 Å². The predicted octanol–water partition coefficient (Wildman–Crippen LogP) is 10.5. The molecule has 9 aromatic rings. The van der Waals surface area contributed by atoms with Crippen molar-refractivity contribution >= 4 is 49.1 Å². The number of aromatic nitrogens is 2. The molecule has 0 unspecified atom stereocenters. The second-order valence-corrected chi connectivity index (χ2v) is 10.9. The molecular formula is C39H24N2O. The van der Waals surface area contributed by atoms with Gasteiger partial charge < -0.3 is 8.82 Å². The number of furan rings is 1. The molecule has 0 bridgehead atoms. The third kappa shape index (κ3) is 3.57. The Kier molecular flexibility index (Phi) is 4.90. The van der Waals surface area contributed by atoms with Gasteiger partial charge in [0.15, 0.2) is 0 Å². The lowest BCUT2D eigenvalue weighted by atomic mass is 9.93. The van der Waals surface area contributed by atoms with Gasteiger partial charge in [-0.15, -0.1) is 0 Å². The van der Waals surface area contributed by atoms with E-state index in [4.69, 9.17) is 9.40 Å². The van der Waals surface area contributed by atoms with Crippen LogP contribution in [-0.2, 0) is 0 Å². The molecule has 0 amide bonds. The van der Waals surface area contributed by atoms with Gasteiger partial charge in [0.2, 0.25) is 0 Å². The molecule has 196 valence electrons. The molecule has 0 saturated heterocycles. The molecule has 9 rings (SSSR count). The number of imidazole rings is 1.